The molecule has 1 fully saturated rings. The summed E-state index contributed by atoms with van der Waals surface area (Å²) in [4.78, 5) is 10.8. The van der Waals surface area contributed by atoms with Crippen LogP contribution in [0.25, 0.3) is 11.3 Å². The van der Waals surface area contributed by atoms with Crippen molar-refractivity contribution in [3.8, 4) is 11.3 Å². The smallest absolute Gasteiger partial charge is 0.147 e. The van der Waals surface area contributed by atoms with Gasteiger partial charge >= 0.3 is 0 Å². The highest BCUT2D eigenvalue weighted by atomic mass is 16.5. The Hall–Kier alpha value is -2.77. The van der Waals surface area contributed by atoms with Gasteiger partial charge < -0.3 is 10.5 Å². The third kappa shape index (κ3) is 3.38. The van der Waals surface area contributed by atoms with Crippen LogP contribution in [0.3, 0.4) is 0 Å². The number of nitrogens with one attached hydrogen (secondary N) is 1. The number of benzene rings is 1. The van der Waals surface area contributed by atoms with E-state index in [4.69, 9.17) is 10.5 Å². The number of nitrogen functional groups attached to an aromatic ring is 1. The minimum Gasteiger partial charge on any atom is -0.382 e. The molecule has 1 unspecified atom stereocenters. The van der Waals surface area contributed by atoms with Gasteiger partial charge in [0, 0.05) is 37.6 Å². The molecule has 3 aromatic rings. The molecule has 3 N–H and O–H groups in total. The van der Waals surface area contributed by atoms with E-state index in [0.717, 1.165) is 30.9 Å². The normalized spacial score (nSPS) is 18.3. The van der Waals surface area contributed by atoms with Gasteiger partial charge in [0.25, 0.3) is 0 Å². The Kier molecular flexibility index (Phi) is 4.41. The molecule has 7 nitrogen and oxygen atoms in total. The lowest BCUT2D eigenvalue weighted by Gasteiger charge is -2.32. The fraction of sp³-hybridized carbons (Fsp3) is 0.278. The number of nitrogens with zero attached hydrogens (tertiary/aromatic N) is 4. The summed E-state index contributed by atoms with van der Waals surface area (Å²) in [7, 11) is 0. The van der Waals surface area contributed by atoms with Crippen molar-refractivity contribution in [2.45, 2.75) is 12.6 Å². The highest BCUT2D eigenvalue weighted by Gasteiger charge is 2.26. The third-order valence-corrected chi connectivity index (χ3v) is 4.39. The molecule has 4 rings (SSSR count). The topological polar surface area (TPSA) is 93.0 Å². The Bertz CT molecular complexity index is 834. The summed E-state index contributed by atoms with van der Waals surface area (Å²) in [6.45, 7) is 3.01. The molecule has 2 aromatic heterocycles. The molecular weight excluding hydrogens is 316 g/mol. The Morgan fingerprint density at radius 1 is 1.20 bits per heavy atom. The number of morpholine rings is 1. The van der Waals surface area contributed by atoms with E-state index < -0.39 is 0 Å². The first-order chi connectivity index (χ1) is 12.3. The minimum atomic E-state index is -0.158. The monoisotopic (exact) mass is 336 g/mol. The maximum atomic E-state index is 5.95. The van der Waals surface area contributed by atoms with Gasteiger partial charge in [0.05, 0.1) is 18.5 Å². The van der Waals surface area contributed by atoms with Crippen LogP contribution in [0.5, 0.6) is 0 Å². The first kappa shape index (κ1) is 15.7. The van der Waals surface area contributed by atoms with E-state index >= 15 is 0 Å². The van der Waals surface area contributed by atoms with E-state index in [-0.39, 0.29) is 6.10 Å². The molecule has 1 aliphatic rings. The standard InChI is InChI=1S/C18H20N6O/c19-18-17(20-6-7-21-18)15-12-24(8-9-25-15)11-14-10-22-23-16(14)13-4-2-1-3-5-13/h1-7,10,15H,8-9,11-12H2,(H2,19,21)(H,22,23). The van der Waals surface area contributed by atoms with Crippen LogP contribution in [0.2, 0.25) is 0 Å². The second-order valence-electron chi connectivity index (χ2n) is 6.06. The fourth-order valence-electron chi connectivity index (χ4n) is 3.15. The molecule has 25 heavy (non-hydrogen) atoms. The van der Waals surface area contributed by atoms with E-state index in [1.165, 1.54) is 5.56 Å². The van der Waals surface area contributed by atoms with Gasteiger partial charge in [0.1, 0.15) is 17.6 Å². The Labute approximate surface area is 145 Å². The summed E-state index contributed by atoms with van der Waals surface area (Å²) in [5.41, 5.74) is 10.0. The summed E-state index contributed by atoms with van der Waals surface area (Å²) in [6, 6.07) is 10.2. The van der Waals surface area contributed by atoms with Crippen LogP contribution in [0.1, 0.15) is 17.4 Å². The summed E-state index contributed by atoms with van der Waals surface area (Å²) in [6.07, 6.45) is 4.98. The van der Waals surface area contributed by atoms with Crippen molar-refractivity contribution < 1.29 is 4.74 Å². The molecular formula is C18H20N6O. The SMILES string of the molecule is Nc1nccnc1C1CN(Cc2cn[nH]c2-c2ccccc2)CCO1. The highest BCUT2D eigenvalue weighted by molar-refractivity contribution is 5.62. The van der Waals surface area contributed by atoms with Crippen molar-refractivity contribution in [1.29, 1.82) is 0 Å². The predicted octanol–water partition coefficient (Wildman–Crippen LogP) is 2.02. The molecule has 0 amide bonds. The van der Waals surface area contributed by atoms with Gasteiger partial charge in [-0.3, -0.25) is 15.0 Å². The van der Waals surface area contributed by atoms with Gasteiger partial charge in [-0.15, -0.1) is 0 Å². The van der Waals surface area contributed by atoms with Crippen LogP contribution >= 0.6 is 0 Å². The average Bonchev–Trinajstić information content (AvgIpc) is 3.11. The number of ether oxygens (including phenoxy) is 1. The Morgan fingerprint density at radius 3 is 2.88 bits per heavy atom. The fourth-order valence-corrected chi connectivity index (χ4v) is 3.15. The first-order valence-electron chi connectivity index (χ1n) is 8.29. The number of rotatable bonds is 4. The van der Waals surface area contributed by atoms with Crippen LogP contribution in [0, 0.1) is 0 Å². The minimum absolute atomic E-state index is 0.158. The molecule has 0 bridgehead atoms. The second-order valence-corrected chi connectivity index (χ2v) is 6.06. The molecule has 0 spiro atoms. The number of aromatic amines is 1. The van der Waals surface area contributed by atoms with Gasteiger partial charge in [0.15, 0.2) is 0 Å². The Balaban J connectivity index is 1.51. The van der Waals surface area contributed by atoms with E-state index in [0.29, 0.717) is 18.1 Å². The molecule has 0 saturated carbocycles. The van der Waals surface area contributed by atoms with Crippen molar-refractivity contribution in [2.24, 2.45) is 0 Å². The number of hydrogen-bond acceptors (Lipinski definition) is 6. The molecule has 1 aromatic carbocycles. The Morgan fingerprint density at radius 2 is 2.04 bits per heavy atom. The lowest BCUT2D eigenvalue weighted by molar-refractivity contribution is -0.0346. The van der Waals surface area contributed by atoms with Crippen LogP contribution in [0.15, 0.2) is 48.9 Å². The highest BCUT2D eigenvalue weighted by Crippen LogP contribution is 2.27. The summed E-state index contributed by atoms with van der Waals surface area (Å²) in [5.74, 6) is 0.433. The summed E-state index contributed by atoms with van der Waals surface area (Å²) >= 11 is 0. The van der Waals surface area contributed by atoms with Gasteiger partial charge in [-0.1, -0.05) is 30.3 Å². The third-order valence-electron chi connectivity index (χ3n) is 4.39. The lowest BCUT2D eigenvalue weighted by atomic mass is 10.1. The van der Waals surface area contributed by atoms with Crippen molar-refractivity contribution in [3.05, 3.63) is 60.2 Å². The van der Waals surface area contributed by atoms with Gasteiger partial charge in [-0.25, -0.2) is 4.98 Å². The van der Waals surface area contributed by atoms with E-state index in [2.05, 4.69) is 37.2 Å². The summed E-state index contributed by atoms with van der Waals surface area (Å²) < 4.78 is 5.86. The zero-order valence-corrected chi connectivity index (χ0v) is 13.8. The van der Waals surface area contributed by atoms with Crippen LogP contribution in [-0.2, 0) is 11.3 Å². The second kappa shape index (κ2) is 7.00. The maximum Gasteiger partial charge on any atom is 0.147 e. The molecule has 1 atom stereocenters. The summed E-state index contributed by atoms with van der Waals surface area (Å²) in [5, 5.41) is 7.34. The zero-order chi connectivity index (χ0) is 17.1. The quantitative estimate of drug-likeness (QED) is 0.757. The lowest BCUT2D eigenvalue weighted by Crippen LogP contribution is -2.38. The van der Waals surface area contributed by atoms with Gasteiger partial charge in [-0.2, -0.15) is 5.10 Å². The van der Waals surface area contributed by atoms with Crippen molar-refractivity contribution >= 4 is 5.82 Å². The molecule has 0 aliphatic carbocycles. The molecule has 128 valence electrons. The van der Waals surface area contributed by atoms with Crippen LogP contribution in [-0.4, -0.2) is 44.8 Å². The number of hydrogen-bond donors (Lipinski definition) is 2. The van der Waals surface area contributed by atoms with Crippen molar-refractivity contribution in [3.63, 3.8) is 0 Å². The number of H-pyrrole nitrogens is 1. The maximum absolute atomic E-state index is 5.95. The zero-order valence-electron chi connectivity index (χ0n) is 13.8. The van der Waals surface area contributed by atoms with Gasteiger partial charge in [-0.05, 0) is 5.56 Å². The first-order valence-corrected chi connectivity index (χ1v) is 8.29. The largest absolute Gasteiger partial charge is 0.382 e. The van der Waals surface area contributed by atoms with E-state index in [9.17, 15) is 0 Å². The molecule has 3 heterocycles. The average molecular weight is 336 g/mol. The molecule has 1 saturated heterocycles. The van der Waals surface area contributed by atoms with Gasteiger partial charge in [0.2, 0.25) is 0 Å². The molecule has 1 aliphatic heterocycles. The van der Waals surface area contributed by atoms with Crippen LogP contribution in [0.4, 0.5) is 5.82 Å². The van der Waals surface area contributed by atoms with E-state index in [1.807, 2.05) is 24.4 Å². The number of anilines is 1. The van der Waals surface area contributed by atoms with Crippen molar-refractivity contribution in [1.82, 2.24) is 25.1 Å². The number of nitrogens with two attached hydrogens (primary N) is 1. The van der Waals surface area contributed by atoms with E-state index in [1.54, 1.807) is 12.4 Å². The van der Waals surface area contributed by atoms with Crippen molar-refractivity contribution in [2.75, 3.05) is 25.4 Å². The molecule has 7 heteroatoms. The number of aromatic nitrogens is 4. The van der Waals surface area contributed by atoms with Crippen LogP contribution < -0.4 is 5.73 Å². The predicted molar refractivity (Wildman–Crippen MR) is 94.4 cm³/mol. The molecule has 0 radical (unpaired) electrons.